The van der Waals surface area contributed by atoms with Crippen LogP contribution < -0.4 is 18.9 Å². The van der Waals surface area contributed by atoms with Gasteiger partial charge in [-0.25, -0.2) is 0 Å². The molecule has 0 aromatic heterocycles. The van der Waals surface area contributed by atoms with E-state index in [1.54, 1.807) is 24.3 Å². The Hall–Kier alpha value is -5.21. The van der Waals surface area contributed by atoms with Crippen molar-refractivity contribution in [3.63, 3.8) is 0 Å². The maximum absolute atomic E-state index is 15.4. The number of benzene rings is 3. The summed E-state index contributed by atoms with van der Waals surface area (Å²) in [6.07, 6.45) is 22.4. The van der Waals surface area contributed by atoms with E-state index in [9.17, 15) is 15.0 Å². The lowest BCUT2D eigenvalue weighted by atomic mass is 9.55. The van der Waals surface area contributed by atoms with Gasteiger partial charge < -0.3 is 48.4 Å². The van der Waals surface area contributed by atoms with Crippen molar-refractivity contribution in [1.82, 2.24) is 4.90 Å². The highest BCUT2D eigenvalue weighted by atomic mass is 16.8. The molecule has 2 N–H and O–H groups in total. The van der Waals surface area contributed by atoms with Crippen LogP contribution >= 0.6 is 0 Å². The lowest BCUT2D eigenvalue weighted by Gasteiger charge is -2.60. The Morgan fingerprint density at radius 3 is 2.39 bits per heavy atom. The number of oxime groups is 1. The summed E-state index contributed by atoms with van der Waals surface area (Å²) in [6, 6.07) is 18.2. The van der Waals surface area contributed by atoms with Gasteiger partial charge in [0.05, 0.1) is 24.8 Å². The van der Waals surface area contributed by atoms with E-state index in [0.29, 0.717) is 60.2 Å². The molecule has 1 saturated carbocycles. The topological polar surface area (TPSA) is 155 Å². The van der Waals surface area contributed by atoms with Gasteiger partial charge in [-0.2, -0.15) is 0 Å². The molecule has 1 amide bonds. The maximum Gasteiger partial charge on any atom is 0.239 e. The van der Waals surface area contributed by atoms with Crippen molar-refractivity contribution < 1.29 is 53.1 Å². The zero-order chi connectivity index (χ0) is 50.1. The number of fused-ring (bicyclic) bond motifs is 3. The third kappa shape index (κ3) is 12.9. The zero-order valence-corrected chi connectivity index (χ0v) is 42.5. The fourth-order valence-electron chi connectivity index (χ4n) is 11.8. The first-order valence-electron chi connectivity index (χ1n) is 27.2. The largest absolute Gasteiger partial charge is 0.459 e. The fraction of sp³-hybridized carbons (Fsp3) is 0.576. The highest BCUT2D eigenvalue weighted by molar-refractivity contribution is 6.03. The van der Waals surface area contributed by atoms with Crippen LogP contribution in [-0.4, -0.2) is 84.4 Å². The number of amides is 1. The van der Waals surface area contributed by atoms with Crippen molar-refractivity contribution >= 4 is 17.9 Å². The van der Waals surface area contributed by atoms with Crippen molar-refractivity contribution in [3.8, 4) is 28.7 Å². The van der Waals surface area contributed by atoms with Gasteiger partial charge >= 0.3 is 0 Å². The standard InChI is InChI=1S/C59H78N2O11/c1-3-5-6-7-8-9-10-11-12-24-55(65)61(39-42-26-28-52-53(35-42)68-41-67-52)54-38-50(60-72-56-25-15-18-33-66-56)48-36-44(21-13-16-30-62)47(23-14-17-31-63)57-49-37-46(70-45-22-19-20-43(34-45)40-64)27-29-51(49)71-59(54,58(48)57)69-32-4-2/h4,19-20,22,26-29,34-37,40,44,47,54,56-58,62-63H,2-3,5-18,21,23-25,30-33,38-39,41H2,1H3. The monoisotopic (exact) mass is 991 g/mol. The van der Waals surface area contributed by atoms with E-state index in [1.807, 2.05) is 41.3 Å². The first-order chi connectivity index (χ1) is 35.4. The second-order valence-electron chi connectivity index (χ2n) is 20.3. The van der Waals surface area contributed by atoms with Crippen molar-refractivity contribution in [2.45, 2.75) is 166 Å². The van der Waals surface area contributed by atoms with E-state index in [0.717, 1.165) is 99.3 Å². The predicted molar refractivity (Wildman–Crippen MR) is 276 cm³/mol. The van der Waals surface area contributed by atoms with Crippen LogP contribution in [0.4, 0.5) is 0 Å². The quantitative estimate of drug-likeness (QED) is 0.0295. The Balaban J connectivity index is 1.27. The summed E-state index contributed by atoms with van der Waals surface area (Å²) in [5.41, 5.74) is 4.00. The second-order valence-corrected chi connectivity index (χ2v) is 20.3. The van der Waals surface area contributed by atoms with E-state index >= 15 is 4.79 Å². The number of rotatable bonds is 29. The van der Waals surface area contributed by atoms with Crippen LogP contribution in [0.1, 0.15) is 163 Å². The molecule has 3 heterocycles. The van der Waals surface area contributed by atoms with Crippen LogP contribution in [0.3, 0.4) is 0 Å². The third-order valence-electron chi connectivity index (χ3n) is 15.3. The van der Waals surface area contributed by atoms with Gasteiger partial charge in [-0.15, -0.1) is 6.58 Å². The molecule has 390 valence electrons. The van der Waals surface area contributed by atoms with Gasteiger partial charge in [0.1, 0.15) is 29.6 Å². The summed E-state index contributed by atoms with van der Waals surface area (Å²) >= 11 is 0. The molecule has 72 heavy (non-hydrogen) atoms. The average molecular weight is 991 g/mol. The molecule has 13 nitrogen and oxygen atoms in total. The SMILES string of the molecule is C=CCOC12Oc3ccc(Oc4cccc(C=O)c4)cc3C3C(CCCCO)C(CCCCO)C=C(C(=NOC4CCCCO4)CC1N(Cc1ccc4c(c1)OCO4)C(=O)CCCCCCCCCCC)C32. The van der Waals surface area contributed by atoms with Gasteiger partial charge in [-0.1, -0.05) is 107 Å². The summed E-state index contributed by atoms with van der Waals surface area (Å²) in [4.78, 5) is 35.6. The number of aldehydes is 1. The highest BCUT2D eigenvalue weighted by Gasteiger charge is 2.65. The summed E-state index contributed by atoms with van der Waals surface area (Å²) in [5, 5.41) is 25.2. The number of aliphatic hydroxyl groups is 2. The van der Waals surface area contributed by atoms with Crippen LogP contribution in [0, 0.1) is 17.8 Å². The Kier molecular flexibility index (Phi) is 19.7. The molecule has 1 saturated heterocycles. The lowest BCUT2D eigenvalue weighted by molar-refractivity contribution is -0.258. The minimum absolute atomic E-state index is 0.00469. The smallest absolute Gasteiger partial charge is 0.239 e. The number of hydrogen-bond donors (Lipinski definition) is 2. The molecule has 3 aromatic rings. The van der Waals surface area contributed by atoms with Gasteiger partial charge in [-0.3, -0.25) is 9.59 Å². The zero-order valence-electron chi connectivity index (χ0n) is 42.5. The molecule has 2 aliphatic carbocycles. The minimum atomic E-state index is -1.44. The number of aliphatic hydroxyl groups excluding tert-OH is 2. The lowest BCUT2D eigenvalue weighted by Crippen LogP contribution is -2.70. The van der Waals surface area contributed by atoms with Gasteiger partial charge in [-0.05, 0) is 110 Å². The Labute approximate surface area is 426 Å². The molecule has 13 heteroatoms. The first kappa shape index (κ1) is 53.1. The molecule has 2 fully saturated rings. The van der Waals surface area contributed by atoms with Crippen LogP contribution in [0.25, 0.3) is 0 Å². The van der Waals surface area contributed by atoms with E-state index in [2.05, 4.69) is 25.6 Å². The van der Waals surface area contributed by atoms with Gasteiger partial charge in [0, 0.05) is 56.1 Å². The van der Waals surface area contributed by atoms with Crippen molar-refractivity contribution in [2.75, 3.05) is 33.2 Å². The molecular formula is C59H78N2O11. The normalized spacial score (nSPS) is 24.4. The molecule has 8 rings (SSSR count). The molecular weight excluding hydrogens is 913 g/mol. The van der Waals surface area contributed by atoms with Crippen molar-refractivity contribution in [2.24, 2.45) is 22.9 Å². The van der Waals surface area contributed by atoms with Crippen molar-refractivity contribution in [1.29, 1.82) is 0 Å². The number of ether oxygens (including phenoxy) is 6. The van der Waals surface area contributed by atoms with Crippen molar-refractivity contribution in [3.05, 3.63) is 102 Å². The van der Waals surface area contributed by atoms with Crippen LogP contribution in [0.5, 0.6) is 28.7 Å². The number of nitrogens with zero attached hydrogens (tertiary/aromatic N) is 2. The number of carbonyl (C=O) groups excluding carboxylic acids is 2. The van der Waals surface area contributed by atoms with E-state index in [4.69, 9.17) is 38.4 Å². The molecule has 5 aliphatic rings. The molecule has 0 spiro atoms. The summed E-state index contributed by atoms with van der Waals surface area (Å²) in [5.74, 6) is 0.929. The Morgan fingerprint density at radius 2 is 1.62 bits per heavy atom. The summed E-state index contributed by atoms with van der Waals surface area (Å²) in [7, 11) is 0. The van der Waals surface area contributed by atoms with E-state index in [1.165, 1.54) is 32.1 Å². The first-order valence-corrected chi connectivity index (χ1v) is 27.2. The molecule has 7 atom stereocenters. The van der Waals surface area contributed by atoms with Crippen LogP contribution in [0.15, 0.2) is 90.1 Å². The Morgan fingerprint density at radius 1 is 0.861 bits per heavy atom. The molecule has 0 bridgehead atoms. The number of unbranched alkanes of at least 4 members (excludes halogenated alkanes) is 10. The average Bonchev–Trinajstić information content (AvgIpc) is 3.88. The molecule has 3 aliphatic heterocycles. The summed E-state index contributed by atoms with van der Waals surface area (Å²) in [6.45, 7) is 7.67. The highest BCUT2D eigenvalue weighted by Crippen LogP contribution is 2.62. The van der Waals surface area contributed by atoms with Gasteiger partial charge in [0.15, 0.2) is 11.5 Å². The second kappa shape index (κ2) is 26.7. The van der Waals surface area contributed by atoms with Crippen LogP contribution in [0.2, 0.25) is 0 Å². The molecule has 3 aromatic carbocycles. The van der Waals surface area contributed by atoms with E-state index < -0.39 is 24.0 Å². The number of carbonyl (C=O) groups is 2. The minimum Gasteiger partial charge on any atom is -0.459 e. The van der Waals surface area contributed by atoms with Crippen LogP contribution in [-0.2, 0) is 25.7 Å². The summed E-state index contributed by atoms with van der Waals surface area (Å²) < 4.78 is 39.1. The predicted octanol–water partition coefficient (Wildman–Crippen LogP) is 12.1. The van der Waals surface area contributed by atoms with Gasteiger partial charge in [0.25, 0.3) is 0 Å². The fourth-order valence-corrected chi connectivity index (χ4v) is 11.8. The number of hydrogen-bond acceptors (Lipinski definition) is 12. The van der Waals surface area contributed by atoms with E-state index in [-0.39, 0.29) is 63.2 Å². The Bertz CT molecular complexity index is 2310. The molecule has 7 unspecified atom stereocenters. The number of allylic oxidation sites excluding steroid dienone is 1. The molecule has 0 radical (unpaired) electrons. The maximum atomic E-state index is 15.4. The third-order valence-corrected chi connectivity index (χ3v) is 15.3. The van der Waals surface area contributed by atoms with Gasteiger partial charge in [0.2, 0.25) is 24.8 Å².